The summed E-state index contributed by atoms with van der Waals surface area (Å²) in [4.78, 5) is 11.9. The van der Waals surface area contributed by atoms with E-state index in [9.17, 15) is 9.90 Å². The number of aliphatic hydroxyl groups is 1. The van der Waals surface area contributed by atoms with Crippen molar-refractivity contribution in [3.05, 3.63) is 29.8 Å². The zero-order valence-electron chi connectivity index (χ0n) is 11.3. The zero-order chi connectivity index (χ0) is 13.7. The molecule has 1 aliphatic heterocycles. The van der Waals surface area contributed by atoms with Crippen LogP contribution in [-0.2, 0) is 4.79 Å². The van der Waals surface area contributed by atoms with Gasteiger partial charge in [-0.05, 0) is 37.0 Å². The monoisotopic (exact) mass is 263 g/mol. The number of carbonyl (C=O) groups is 1. The summed E-state index contributed by atoms with van der Waals surface area (Å²) in [6.07, 6.45) is 2.77. The van der Waals surface area contributed by atoms with E-state index in [-0.39, 0.29) is 11.8 Å². The molecule has 2 N–H and O–H groups in total. The van der Waals surface area contributed by atoms with E-state index < -0.39 is 6.10 Å². The highest BCUT2D eigenvalue weighted by Gasteiger charge is 2.24. The van der Waals surface area contributed by atoms with Crippen LogP contribution in [-0.4, -0.2) is 24.7 Å². The molecule has 4 heteroatoms. The van der Waals surface area contributed by atoms with Crippen molar-refractivity contribution in [2.45, 2.75) is 31.8 Å². The lowest BCUT2D eigenvalue weighted by Crippen LogP contribution is -2.29. The van der Waals surface area contributed by atoms with Crippen molar-refractivity contribution in [3.63, 3.8) is 0 Å². The lowest BCUT2D eigenvalue weighted by atomic mass is 9.92. The number of methoxy groups -OCH3 is 1. The number of aliphatic hydroxyl groups excluding tert-OH is 1. The van der Waals surface area contributed by atoms with Gasteiger partial charge in [-0.1, -0.05) is 18.6 Å². The summed E-state index contributed by atoms with van der Waals surface area (Å²) in [5, 5.41) is 13.2. The van der Waals surface area contributed by atoms with Crippen molar-refractivity contribution in [1.29, 1.82) is 0 Å². The van der Waals surface area contributed by atoms with Crippen LogP contribution < -0.4 is 10.1 Å². The van der Waals surface area contributed by atoms with Gasteiger partial charge >= 0.3 is 0 Å². The SMILES string of the molecule is COc1cccc(C(O)CC2CCCCNC2=O)c1. The molecular weight excluding hydrogens is 242 g/mol. The molecule has 0 saturated carbocycles. The second kappa shape index (κ2) is 6.57. The van der Waals surface area contributed by atoms with E-state index in [1.54, 1.807) is 7.11 Å². The number of benzene rings is 1. The third-order valence-electron chi connectivity index (χ3n) is 3.64. The Morgan fingerprint density at radius 3 is 3.11 bits per heavy atom. The van der Waals surface area contributed by atoms with Crippen LogP contribution in [0.5, 0.6) is 5.75 Å². The van der Waals surface area contributed by atoms with Crippen LogP contribution in [0.4, 0.5) is 0 Å². The normalized spacial score (nSPS) is 21.4. The van der Waals surface area contributed by atoms with Gasteiger partial charge in [-0.25, -0.2) is 0 Å². The van der Waals surface area contributed by atoms with Gasteiger partial charge < -0.3 is 15.2 Å². The molecule has 2 unspecified atom stereocenters. The molecule has 0 radical (unpaired) electrons. The molecular formula is C15H21NO3. The van der Waals surface area contributed by atoms with Gasteiger partial charge in [-0.3, -0.25) is 4.79 Å². The molecule has 0 spiro atoms. The number of rotatable bonds is 4. The largest absolute Gasteiger partial charge is 0.497 e. The minimum Gasteiger partial charge on any atom is -0.497 e. The molecule has 1 aromatic rings. The summed E-state index contributed by atoms with van der Waals surface area (Å²) in [6, 6.07) is 7.38. The fraction of sp³-hybridized carbons (Fsp3) is 0.533. The van der Waals surface area contributed by atoms with Gasteiger partial charge in [0.05, 0.1) is 13.2 Å². The quantitative estimate of drug-likeness (QED) is 0.874. The lowest BCUT2D eigenvalue weighted by molar-refractivity contribution is -0.125. The number of nitrogens with one attached hydrogen (secondary N) is 1. The Kier molecular flexibility index (Phi) is 4.80. The number of ether oxygens (including phenoxy) is 1. The predicted molar refractivity (Wildman–Crippen MR) is 72.9 cm³/mol. The van der Waals surface area contributed by atoms with Crippen molar-refractivity contribution in [3.8, 4) is 5.75 Å². The number of hydrogen-bond donors (Lipinski definition) is 2. The fourth-order valence-electron chi connectivity index (χ4n) is 2.48. The summed E-state index contributed by atoms with van der Waals surface area (Å²) < 4.78 is 5.15. The predicted octanol–water partition coefficient (Wildman–Crippen LogP) is 2.03. The van der Waals surface area contributed by atoms with Gasteiger partial charge in [-0.15, -0.1) is 0 Å². The Morgan fingerprint density at radius 2 is 2.32 bits per heavy atom. The smallest absolute Gasteiger partial charge is 0.223 e. The molecule has 104 valence electrons. The van der Waals surface area contributed by atoms with E-state index >= 15 is 0 Å². The molecule has 2 atom stereocenters. The topological polar surface area (TPSA) is 58.6 Å². The van der Waals surface area contributed by atoms with E-state index in [0.29, 0.717) is 6.42 Å². The van der Waals surface area contributed by atoms with Gasteiger partial charge in [-0.2, -0.15) is 0 Å². The van der Waals surface area contributed by atoms with Crippen LogP contribution in [0.2, 0.25) is 0 Å². The zero-order valence-corrected chi connectivity index (χ0v) is 11.3. The number of carbonyl (C=O) groups excluding carboxylic acids is 1. The van der Waals surface area contributed by atoms with Crippen LogP contribution >= 0.6 is 0 Å². The highest BCUT2D eigenvalue weighted by atomic mass is 16.5. The number of amides is 1. The minimum absolute atomic E-state index is 0.0689. The van der Waals surface area contributed by atoms with Crippen molar-refractivity contribution >= 4 is 5.91 Å². The third kappa shape index (κ3) is 3.70. The first-order valence-corrected chi connectivity index (χ1v) is 6.80. The molecule has 0 bridgehead atoms. The lowest BCUT2D eigenvalue weighted by Gasteiger charge is -2.18. The average Bonchev–Trinajstić information content (AvgIpc) is 2.64. The van der Waals surface area contributed by atoms with Crippen molar-refractivity contribution in [2.75, 3.05) is 13.7 Å². The molecule has 2 rings (SSSR count). The first kappa shape index (κ1) is 13.9. The summed E-state index contributed by atoms with van der Waals surface area (Å²) >= 11 is 0. The maximum absolute atomic E-state index is 11.9. The Bertz CT molecular complexity index is 433. The fourth-order valence-corrected chi connectivity index (χ4v) is 2.48. The molecule has 1 aromatic carbocycles. The number of hydrogen-bond acceptors (Lipinski definition) is 3. The highest BCUT2D eigenvalue weighted by molar-refractivity contribution is 5.78. The van der Waals surface area contributed by atoms with Gasteiger partial charge in [0.25, 0.3) is 0 Å². The van der Waals surface area contributed by atoms with Crippen LogP contribution in [0, 0.1) is 5.92 Å². The van der Waals surface area contributed by atoms with E-state index in [1.165, 1.54) is 0 Å². The Labute approximate surface area is 113 Å². The first-order valence-electron chi connectivity index (χ1n) is 6.80. The van der Waals surface area contributed by atoms with Gasteiger partial charge in [0.15, 0.2) is 0 Å². The summed E-state index contributed by atoms with van der Waals surface area (Å²) in [5.41, 5.74) is 0.802. The molecule has 1 saturated heterocycles. The van der Waals surface area contributed by atoms with Crippen molar-refractivity contribution in [2.24, 2.45) is 5.92 Å². The van der Waals surface area contributed by atoms with Crippen LogP contribution in [0.25, 0.3) is 0 Å². The Morgan fingerprint density at radius 1 is 1.47 bits per heavy atom. The molecule has 1 amide bonds. The van der Waals surface area contributed by atoms with Crippen molar-refractivity contribution in [1.82, 2.24) is 5.32 Å². The molecule has 19 heavy (non-hydrogen) atoms. The van der Waals surface area contributed by atoms with Gasteiger partial charge in [0.2, 0.25) is 5.91 Å². The second-order valence-electron chi connectivity index (χ2n) is 5.01. The summed E-state index contributed by atoms with van der Waals surface area (Å²) in [5.74, 6) is 0.699. The Hall–Kier alpha value is -1.55. The summed E-state index contributed by atoms with van der Waals surface area (Å²) in [6.45, 7) is 0.755. The van der Waals surface area contributed by atoms with Crippen LogP contribution in [0.15, 0.2) is 24.3 Å². The van der Waals surface area contributed by atoms with E-state index in [0.717, 1.165) is 37.1 Å². The van der Waals surface area contributed by atoms with E-state index in [4.69, 9.17) is 4.74 Å². The molecule has 0 aliphatic carbocycles. The molecule has 1 heterocycles. The Balaban J connectivity index is 2.02. The highest BCUT2D eigenvalue weighted by Crippen LogP contribution is 2.27. The molecule has 4 nitrogen and oxygen atoms in total. The second-order valence-corrected chi connectivity index (χ2v) is 5.01. The van der Waals surface area contributed by atoms with E-state index in [1.807, 2.05) is 24.3 Å². The van der Waals surface area contributed by atoms with Crippen LogP contribution in [0.1, 0.15) is 37.4 Å². The molecule has 1 aliphatic rings. The van der Waals surface area contributed by atoms with Crippen molar-refractivity contribution < 1.29 is 14.6 Å². The van der Waals surface area contributed by atoms with E-state index in [2.05, 4.69) is 5.32 Å². The van der Waals surface area contributed by atoms with Gasteiger partial charge in [0, 0.05) is 12.5 Å². The third-order valence-corrected chi connectivity index (χ3v) is 3.64. The van der Waals surface area contributed by atoms with Crippen LogP contribution in [0.3, 0.4) is 0 Å². The maximum Gasteiger partial charge on any atom is 0.223 e. The first-order chi connectivity index (χ1) is 9.20. The average molecular weight is 263 g/mol. The molecule has 1 fully saturated rings. The maximum atomic E-state index is 11.9. The standard InChI is InChI=1S/C15H21NO3/c1-19-13-7-4-6-11(9-13)14(17)10-12-5-2-3-8-16-15(12)18/h4,6-7,9,12,14,17H,2-3,5,8,10H2,1H3,(H,16,18). The van der Waals surface area contributed by atoms with Gasteiger partial charge in [0.1, 0.15) is 5.75 Å². The minimum atomic E-state index is -0.621. The summed E-state index contributed by atoms with van der Waals surface area (Å²) in [7, 11) is 1.60. The molecule has 0 aromatic heterocycles.